The van der Waals surface area contributed by atoms with E-state index in [1.165, 1.54) is 0 Å². The third kappa shape index (κ3) is 4.24. The van der Waals surface area contributed by atoms with Crippen molar-refractivity contribution in [2.24, 2.45) is 0 Å². The zero-order valence-electron chi connectivity index (χ0n) is 14.1. The molecule has 1 N–H and O–H groups in total. The van der Waals surface area contributed by atoms with E-state index in [1.807, 2.05) is 25.1 Å². The standard InChI is InChI=1S/C19H21ClN2O3/c1-2-25-15-8-6-14(7-9-15)19(23)21-17-5-3-4-16(20)18(17)22-10-12-24-13-11-22/h3-9H,2,10-13H2,1H3,(H,21,23). The first-order valence-electron chi connectivity index (χ1n) is 8.34. The molecule has 6 heteroatoms. The highest BCUT2D eigenvalue weighted by molar-refractivity contribution is 6.34. The van der Waals surface area contributed by atoms with Crippen molar-refractivity contribution in [2.75, 3.05) is 43.1 Å². The molecule has 2 aromatic rings. The number of morpholine rings is 1. The van der Waals surface area contributed by atoms with Crippen LogP contribution in [0, 0.1) is 0 Å². The molecule has 5 nitrogen and oxygen atoms in total. The van der Waals surface area contributed by atoms with Gasteiger partial charge in [-0.15, -0.1) is 0 Å². The first-order chi connectivity index (χ1) is 12.2. The van der Waals surface area contributed by atoms with Crippen molar-refractivity contribution in [1.82, 2.24) is 0 Å². The van der Waals surface area contributed by atoms with E-state index in [4.69, 9.17) is 21.1 Å². The summed E-state index contributed by atoms with van der Waals surface area (Å²) in [7, 11) is 0. The van der Waals surface area contributed by atoms with Gasteiger partial charge in [0.15, 0.2) is 0 Å². The van der Waals surface area contributed by atoms with Gasteiger partial charge in [-0.1, -0.05) is 17.7 Å². The van der Waals surface area contributed by atoms with Crippen molar-refractivity contribution in [2.45, 2.75) is 6.92 Å². The Morgan fingerprint density at radius 2 is 1.92 bits per heavy atom. The van der Waals surface area contributed by atoms with E-state index in [-0.39, 0.29) is 5.91 Å². The number of para-hydroxylation sites is 1. The fourth-order valence-corrected chi connectivity index (χ4v) is 3.08. The molecule has 1 amide bonds. The van der Waals surface area contributed by atoms with E-state index >= 15 is 0 Å². The number of nitrogens with one attached hydrogen (secondary N) is 1. The smallest absolute Gasteiger partial charge is 0.255 e. The first-order valence-corrected chi connectivity index (χ1v) is 8.72. The minimum Gasteiger partial charge on any atom is -0.494 e. The summed E-state index contributed by atoms with van der Waals surface area (Å²) in [5, 5.41) is 3.59. The van der Waals surface area contributed by atoms with Gasteiger partial charge in [-0.05, 0) is 43.3 Å². The highest BCUT2D eigenvalue weighted by Crippen LogP contribution is 2.34. The molecular formula is C19H21ClN2O3. The molecule has 0 spiro atoms. The predicted molar refractivity (Wildman–Crippen MR) is 100 cm³/mol. The van der Waals surface area contributed by atoms with Gasteiger partial charge in [0.05, 0.1) is 36.2 Å². The molecule has 0 aliphatic carbocycles. The topological polar surface area (TPSA) is 50.8 Å². The number of carbonyl (C=O) groups excluding carboxylic acids is 1. The van der Waals surface area contributed by atoms with Gasteiger partial charge in [0, 0.05) is 18.7 Å². The SMILES string of the molecule is CCOc1ccc(C(=O)Nc2cccc(Cl)c2N2CCOCC2)cc1. The molecule has 1 aliphatic rings. The number of amides is 1. The van der Waals surface area contributed by atoms with Gasteiger partial charge in [-0.3, -0.25) is 4.79 Å². The van der Waals surface area contributed by atoms with Gasteiger partial charge in [-0.2, -0.15) is 0 Å². The molecule has 0 aromatic heterocycles. The van der Waals surface area contributed by atoms with Crippen LogP contribution < -0.4 is 15.0 Å². The van der Waals surface area contributed by atoms with Crippen molar-refractivity contribution in [3.8, 4) is 5.75 Å². The Kier molecular flexibility index (Phi) is 5.79. The fourth-order valence-electron chi connectivity index (χ4n) is 2.79. The predicted octanol–water partition coefficient (Wildman–Crippen LogP) is 3.83. The molecule has 1 saturated heterocycles. The third-order valence-corrected chi connectivity index (χ3v) is 4.29. The zero-order chi connectivity index (χ0) is 17.6. The second-order valence-electron chi connectivity index (χ2n) is 5.65. The Hall–Kier alpha value is -2.24. The summed E-state index contributed by atoms with van der Waals surface area (Å²) < 4.78 is 10.8. The Bertz CT molecular complexity index is 728. The van der Waals surface area contributed by atoms with E-state index in [9.17, 15) is 4.79 Å². The summed E-state index contributed by atoms with van der Waals surface area (Å²) >= 11 is 6.40. The normalized spacial score (nSPS) is 14.2. The fraction of sp³-hybridized carbons (Fsp3) is 0.316. The van der Waals surface area contributed by atoms with Crippen molar-refractivity contribution in [3.63, 3.8) is 0 Å². The molecule has 25 heavy (non-hydrogen) atoms. The molecule has 0 unspecified atom stereocenters. The number of benzene rings is 2. The van der Waals surface area contributed by atoms with Crippen LogP contribution in [0.3, 0.4) is 0 Å². The molecule has 1 fully saturated rings. The minimum absolute atomic E-state index is 0.181. The number of rotatable bonds is 5. The average molecular weight is 361 g/mol. The van der Waals surface area contributed by atoms with Crippen LogP contribution in [-0.4, -0.2) is 38.8 Å². The van der Waals surface area contributed by atoms with Crippen LogP contribution in [-0.2, 0) is 4.74 Å². The lowest BCUT2D eigenvalue weighted by Gasteiger charge is -2.31. The molecule has 1 aliphatic heterocycles. The maximum absolute atomic E-state index is 12.6. The summed E-state index contributed by atoms with van der Waals surface area (Å²) in [5.74, 6) is 0.565. The molecular weight excluding hydrogens is 340 g/mol. The molecule has 1 heterocycles. The van der Waals surface area contributed by atoms with Crippen LogP contribution in [0.25, 0.3) is 0 Å². The second kappa shape index (κ2) is 8.23. The Labute approximate surface area is 152 Å². The van der Waals surface area contributed by atoms with Gasteiger partial charge in [-0.25, -0.2) is 0 Å². The molecule has 0 saturated carbocycles. The van der Waals surface area contributed by atoms with Gasteiger partial charge < -0.3 is 19.7 Å². The summed E-state index contributed by atoms with van der Waals surface area (Å²) in [6.45, 7) is 5.31. The maximum Gasteiger partial charge on any atom is 0.255 e. The lowest BCUT2D eigenvalue weighted by atomic mass is 10.1. The van der Waals surface area contributed by atoms with Crippen molar-refractivity contribution < 1.29 is 14.3 Å². The Morgan fingerprint density at radius 1 is 1.20 bits per heavy atom. The van der Waals surface area contributed by atoms with Crippen LogP contribution in [0.2, 0.25) is 5.02 Å². The lowest BCUT2D eigenvalue weighted by molar-refractivity contribution is 0.102. The van der Waals surface area contributed by atoms with Crippen LogP contribution in [0.1, 0.15) is 17.3 Å². The van der Waals surface area contributed by atoms with E-state index in [1.54, 1.807) is 24.3 Å². The molecule has 0 bridgehead atoms. The monoisotopic (exact) mass is 360 g/mol. The van der Waals surface area contributed by atoms with Gasteiger partial charge in [0.2, 0.25) is 0 Å². The molecule has 132 valence electrons. The number of hydrogen-bond acceptors (Lipinski definition) is 4. The van der Waals surface area contributed by atoms with Gasteiger partial charge in [0.25, 0.3) is 5.91 Å². The van der Waals surface area contributed by atoms with E-state index in [0.717, 1.165) is 24.5 Å². The highest BCUT2D eigenvalue weighted by atomic mass is 35.5. The molecule has 0 atom stereocenters. The van der Waals surface area contributed by atoms with Gasteiger partial charge >= 0.3 is 0 Å². The zero-order valence-corrected chi connectivity index (χ0v) is 14.9. The number of anilines is 2. The summed E-state index contributed by atoms with van der Waals surface area (Å²) in [4.78, 5) is 14.7. The molecule has 2 aromatic carbocycles. The van der Waals surface area contributed by atoms with Crippen LogP contribution >= 0.6 is 11.6 Å². The molecule has 0 radical (unpaired) electrons. The number of carbonyl (C=O) groups is 1. The largest absolute Gasteiger partial charge is 0.494 e. The maximum atomic E-state index is 12.6. The summed E-state index contributed by atoms with van der Waals surface area (Å²) in [6.07, 6.45) is 0. The quantitative estimate of drug-likeness (QED) is 0.880. The Balaban J connectivity index is 1.80. The van der Waals surface area contributed by atoms with E-state index < -0.39 is 0 Å². The van der Waals surface area contributed by atoms with Crippen LogP contribution in [0.15, 0.2) is 42.5 Å². The Morgan fingerprint density at radius 3 is 2.60 bits per heavy atom. The lowest BCUT2D eigenvalue weighted by Crippen LogP contribution is -2.37. The number of hydrogen-bond donors (Lipinski definition) is 1. The van der Waals surface area contributed by atoms with Crippen LogP contribution in [0.4, 0.5) is 11.4 Å². The summed E-state index contributed by atoms with van der Waals surface area (Å²) in [5.41, 5.74) is 2.11. The highest BCUT2D eigenvalue weighted by Gasteiger charge is 2.19. The van der Waals surface area contributed by atoms with Gasteiger partial charge in [0.1, 0.15) is 5.75 Å². The van der Waals surface area contributed by atoms with E-state index in [2.05, 4.69) is 10.2 Å². The number of halogens is 1. The summed E-state index contributed by atoms with van der Waals surface area (Å²) in [6, 6.07) is 12.6. The van der Waals surface area contributed by atoms with Crippen molar-refractivity contribution in [3.05, 3.63) is 53.1 Å². The van der Waals surface area contributed by atoms with Crippen LogP contribution in [0.5, 0.6) is 5.75 Å². The van der Waals surface area contributed by atoms with Crippen molar-refractivity contribution >= 4 is 28.9 Å². The average Bonchev–Trinajstić information content (AvgIpc) is 2.63. The first kappa shape index (κ1) is 17.6. The van der Waals surface area contributed by atoms with Crippen molar-refractivity contribution in [1.29, 1.82) is 0 Å². The third-order valence-electron chi connectivity index (χ3n) is 3.99. The molecule has 3 rings (SSSR count). The second-order valence-corrected chi connectivity index (χ2v) is 6.05. The van der Waals surface area contributed by atoms with E-state index in [0.29, 0.717) is 36.1 Å². The minimum atomic E-state index is -0.181. The number of nitrogens with zero attached hydrogens (tertiary/aromatic N) is 1. The number of ether oxygens (including phenoxy) is 2.